The Bertz CT molecular complexity index is 262. The van der Waals surface area contributed by atoms with Crippen molar-refractivity contribution in [1.29, 1.82) is 0 Å². The largest absolute Gasteiger partial charge is 0.389 e. The highest BCUT2D eigenvalue weighted by molar-refractivity contribution is 7.10. The molecule has 13 heavy (non-hydrogen) atoms. The van der Waals surface area contributed by atoms with E-state index in [-0.39, 0.29) is 0 Å². The topological polar surface area (TPSA) is 52.5 Å². The van der Waals surface area contributed by atoms with E-state index >= 15 is 0 Å². The van der Waals surface area contributed by atoms with Crippen LogP contribution < -0.4 is 5.32 Å². The van der Waals surface area contributed by atoms with Crippen LogP contribution in [0.5, 0.6) is 0 Å². The Morgan fingerprint density at radius 3 is 2.69 bits per heavy atom. The van der Waals surface area contributed by atoms with Crippen molar-refractivity contribution in [3.8, 4) is 0 Å². The number of likely N-dealkylation sites (N-methyl/N-ethyl adjacent to an activating group) is 1. The van der Waals surface area contributed by atoms with E-state index in [2.05, 4.69) is 5.32 Å². The van der Waals surface area contributed by atoms with Gasteiger partial charge in [0.1, 0.15) is 6.10 Å². The Morgan fingerprint density at radius 1 is 1.54 bits per heavy atom. The SMILES string of the molecule is CNCC(O)C(O)c1sccc1C. The minimum Gasteiger partial charge on any atom is -0.389 e. The Hall–Kier alpha value is -0.420. The van der Waals surface area contributed by atoms with Gasteiger partial charge in [0, 0.05) is 11.4 Å². The summed E-state index contributed by atoms with van der Waals surface area (Å²) in [5.74, 6) is 0. The van der Waals surface area contributed by atoms with Crippen LogP contribution in [0.1, 0.15) is 16.5 Å². The Morgan fingerprint density at radius 2 is 2.23 bits per heavy atom. The highest BCUT2D eigenvalue weighted by Gasteiger charge is 2.19. The summed E-state index contributed by atoms with van der Waals surface area (Å²) in [6.07, 6.45) is -1.50. The third-order valence-corrected chi connectivity index (χ3v) is 3.04. The molecule has 0 aliphatic heterocycles. The number of hydrogen-bond acceptors (Lipinski definition) is 4. The fourth-order valence-electron chi connectivity index (χ4n) is 1.18. The van der Waals surface area contributed by atoms with Crippen LogP contribution in [0, 0.1) is 6.92 Å². The van der Waals surface area contributed by atoms with Crippen molar-refractivity contribution in [2.45, 2.75) is 19.1 Å². The minimum atomic E-state index is -0.771. The molecule has 0 aliphatic rings. The van der Waals surface area contributed by atoms with Crippen molar-refractivity contribution < 1.29 is 10.2 Å². The van der Waals surface area contributed by atoms with Crippen molar-refractivity contribution in [3.63, 3.8) is 0 Å². The number of aliphatic hydroxyl groups is 2. The molecule has 1 aromatic rings. The number of nitrogens with one attached hydrogen (secondary N) is 1. The zero-order valence-electron chi connectivity index (χ0n) is 7.82. The van der Waals surface area contributed by atoms with E-state index in [4.69, 9.17) is 0 Å². The van der Waals surface area contributed by atoms with Gasteiger partial charge in [-0.05, 0) is 31.0 Å². The van der Waals surface area contributed by atoms with Crippen LogP contribution in [-0.4, -0.2) is 29.9 Å². The van der Waals surface area contributed by atoms with Crippen molar-refractivity contribution >= 4 is 11.3 Å². The van der Waals surface area contributed by atoms with Crippen LogP contribution in [0.4, 0.5) is 0 Å². The maximum atomic E-state index is 9.71. The second-order valence-electron chi connectivity index (χ2n) is 3.04. The van der Waals surface area contributed by atoms with Gasteiger partial charge >= 0.3 is 0 Å². The van der Waals surface area contributed by atoms with E-state index in [9.17, 15) is 10.2 Å². The summed E-state index contributed by atoms with van der Waals surface area (Å²) < 4.78 is 0. The molecule has 0 aromatic carbocycles. The molecule has 0 saturated carbocycles. The number of hydrogen-bond donors (Lipinski definition) is 3. The first-order chi connectivity index (χ1) is 6.16. The zero-order valence-corrected chi connectivity index (χ0v) is 8.64. The second-order valence-corrected chi connectivity index (χ2v) is 3.99. The van der Waals surface area contributed by atoms with E-state index in [1.165, 1.54) is 11.3 Å². The maximum Gasteiger partial charge on any atom is 0.115 e. The van der Waals surface area contributed by atoms with E-state index in [0.717, 1.165) is 10.4 Å². The lowest BCUT2D eigenvalue weighted by Gasteiger charge is -2.16. The Labute approximate surface area is 82.0 Å². The molecule has 3 N–H and O–H groups in total. The molecule has 0 fully saturated rings. The molecule has 1 heterocycles. The first-order valence-corrected chi connectivity index (χ1v) is 5.09. The van der Waals surface area contributed by atoms with Crippen molar-refractivity contribution in [2.24, 2.45) is 0 Å². The summed E-state index contributed by atoms with van der Waals surface area (Å²) >= 11 is 1.47. The summed E-state index contributed by atoms with van der Waals surface area (Å²) in [7, 11) is 1.75. The summed E-state index contributed by atoms with van der Waals surface area (Å²) in [6, 6.07) is 1.94. The average molecular weight is 201 g/mol. The number of rotatable bonds is 4. The molecule has 0 radical (unpaired) electrons. The minimum absolute atomic E-state index is 0.401. The number of aliphatic hydroxyl groups excluding tert-OH is 2. The van der Waals surface area contributed by atoms with Gasteiger partial charge in [0.15, 0.2) is 0 Å². The standard InChI is InChI=1S/C9H15NO2S/c1-6-3-4-13-9(6)8(12)7(11)5-10-2/h3-4,7-8,10-12H,5H2,1-2H3. The predicted octanol–water partition coefficient (Wildman–Crippen LogP) is 0.670. The normalized spacial score (nSPS) is 15.7. The van der Waals surface area contributed by atoms with E-state index < -0.39 is 12.2 Å². The summed E-state index contributed by atoms with van der Waals surface area (Å²) in [5, 5.41) is 24.0. The fraction of sp³-hybridized carbons (Fsp3) is 0.556. The van der Waals surface area contributed by atoms with Crippen LogP contribution in [0.2, 0.25) is 0 Å². The molecule has 4 heteroatoms. The van der Waals surface area contributed by atoms with E-state index in [1.54, 1.807) is 7.05 Å². The number of aryl methyl sites for hydroxylation is 1. The average Bonchev–Trinajstić information content (AvgIpc) is 2.50. The predicted molar refractivity (Wildman–Crippen MR) is 53.9 cm³/mol. The summed E-state index contributed by atoms with van der Waals surface area (Å²) in [5.41, 5.74) is 1.03. The summed E-state index contributed by atoms with van der Waals surface area (Å²) in [6.45, 7) is 2.33. The second kappa shape index (κ2) is 4.72. The molecule has 1 aromatic heterocycles. The molecule has 2 unspecified atom stereocenters. The van der Waals surface area contributed by atoms with Gasteiger partial charge in [0.2, 0.25) is 0 Å². The monoisotopic (exact) mass is 201 g/mol. The summed E-state index contributed by atoms with van der Waals surface area (Å²) in [4.78, 5) is 0.850. The smallest absolute Gasteiger partial charge is 0.115 e. The molecule has 74 valence electrons. The van der Waals surface area contributed by atoms with Crippen LogP contribution in [0.15, 0.2) is 11.4 Å². The molecule has 3 nitrogen and oxygen atoms in total. The van der Waals surface area contributed by atoms with Gasteiger partial charge in [-0.3, -0.25) is 0 Å². The molecule has 1 rings (SSSR count). The quantitative estimate of drug-likeness (QED) is 0.671. The number of thiophene rings is 1. The molecular formula is C9H15NO2S. The molecule has 0 saturated heterocycles. The van der Waals surface area contributed by atoms with E-state index in [1.807, 2.05) is 18.4 Å². The molecule has 0 aliphatic carbocycles. The fourth-order valence-corrected chi connectivity index (χ4v) is 2.15. The first-order valence-electron chi connectivity index (χ1n) is 4.21. The van der Waals surface area contributed by atoms with Crippen LogP contribution >= 0.6 is 11.3 Å². The zero-order chi connectivity index (χ0) is 9.84. The highest BCUT2D eigenvalue weighted by atomic mass is 32.1. The van der Waals surface area contributed by atoms with Gasteiger partial charge in [-0.25, -0.2) is 0 Å². The lowest BCUT2D eigenvalue weighted by atomic mass is 10.1. The third kappa shape index (κ3) is 2.51. The Balaban J connectivity index is 2.67. The van der Waals surface area contributed by atoms with E-state index in [0.29, 0.717) is 6.54 Å². The van der Waals surface area contributed by atoms with Crippen LogP contribution in [-0.2, 0) is 0 Å². The van der Waals surface area contributed by atoms with Crippen LogP contribution in [0.3, 0.4) is 0 Å². The van der Waals surface area contributed by atoms with Gasteiger partial charge < -0.3 is 15.5 Å². The van der Waals surface area contributed by atoms with Gasteiger partial charge in [0.05, 0.1) is 6.10 Å². The van der Waals surface area contributed by atoms with Gasteiger partial charge in [-0.2, -0.15) is 0 Å². The Kier molecular flexibility index (Phi) is 3.87. The van der Waals surface area contributed by atoms with Gasteiger partial charge in [-0.1, -0.05) is 0 Å². The van der Waals surface area contributed by atoms with Gasteiger partial charge in [-0.15, -0.1) is 11.3 Å². The maximum absolute atomic E-state index is 9.71. The van der Waals surface area contributed by atoms with Crippen molar-refractivity contribution in [2.75, 3.05) is 13.6 Å². The molecule has 0 amide bonds. The molecule has 0 spiro atoms. The van der Waals surface area contributed by atoms with Crippen LogP contribution in [0.25, 0.3) is 0 Å². The molecule has 2 atom stereocenters. The third-order valence-electron chi connectivity index (χ3n) is 1.95. The molecule has 0 bridgehead atoms. The van der Waals surface area contributed by atoms with Crippen molar-refractivity contribution in [3.05, 3.63) is 21.9 Å². The lowest BCUT2D eigenvalue weighted by Crippen LogP contribution is -2.29. The highest BCUT2D eigenvalue weighted by Crippen LogP contribution is 2.25. The van der Waals surface area contributed by atoms with Crippen molar-refractivity contribution in [1.82, 2.24) is 5.32 Å². The lowest BCUT2D eigenvalue weighted by molar-refractivity contribution is 0.0221. The molecular weight excluding hydrogens is 186 g/mol. The van der Waals surface area contributed by atoms with Gasteiger partial charge in [0.25, 0.3) is 0 Å². The first kappa shape index (κ1) is 10.7.